The van der Waals surface area contributed by atoms with Crippen molar-refractivity contribution >= 4 is 10.0 Å². The zero-order valence-corrected chi connectivity index (χ0v) is 13.8. The van der Waals surface area contributed by atoms with E-state index in [4.69, 9.17) is 0 Å². The van der Waals surface area contributed by atoms with Crippen LogP contribution in [0.3, 0.4) is 0 Å². The van der Waals surface area contributed by atoms with Crippen molar-refractivity contribution in [3.05, 3.63) is 0 Å². The van der Waals surface area contributed by atoms with Gasteiger partial charge in [-0.2, -0.15) is 0 Å². The Labute approximate surface area is 124 Å². The van der Waals surface area contributed by atoms with Gasteiger partial charge in [-0.25, -0.2) is 12.7 Å². The van der Waals surface area contributed by atoms with Crippen LogP contribution in [0.5, 0.6) is 0 Å². The lowest BCUT2D eigenvalue weighted by molar-refractivity contribution is 0.239. The van der Waals surface area contributed by atoms with Gasteiger partial charge in [0.25, 0.3) is 0 Å². The number of hydrogen-bond donors (Lipinski definition) is 1. The van der Waals surface area contributed by atoms with Crippen molar-refractivity contribution in [1.29, 1.82) is 0 Å². The SMILES string of the molecule is CC1CCCC(N(C)S(=O)(=O)CCCCNC2CC2)C1. The first kappa shape index (κ1) is 16.2. The second kappa shape index (κ2) is 7.23. The fourth-order valence-electron chi connectivity index (χ4n) is 3.11. The zero-order valence-electron chi connectivity index (χ0n) is 13.0. The molecule has 2 aliphatic rings. The summed E-state index contributed by atoms with van der Waals surface area (Å²) in [4.78, 5) is 0. The molecule has 0 amide bonds. The molecule has 2 fully saturated rings. The van der Waals surface area contributed by atoms with Crippen LogP contribution in [0.15, 0.2) is 0 Å². The molecule has 118 valence electrons. The van der Waals surface area contributed by atoms with Crippen LogP contribution >= 0.6 is 0 Å². The van der Waals surface area contributed by atoms with E-state index < -0.39 is 10.0 Å². The first-order valence-electron chi connectivity index (χ1n) is 8.18. The van der Waals surface area contributed by atoms with Crippen molar-refractivity contribution < 1.29 is 8.42 Å². The molecule has 0 saturated heterocycles. The van der Waals surface area contributed by atoms with Crippen molar-refractivity contribution in [2.45, 2.75) is 70.4 Å². The Hall–Kier alpha value is -0.130. The van der Waals surface area contributed by atoms with E-state index in [2.05, 4.69) is 12.2 Å². The minimum Gasteiger partial charge on any atom is -0.314 e. The number of hydrogen-bond acceptors (Lipinski definition) is 3. The third kappa shape index (κ3) is 5.01. The molecule has 2 rings (SSSR count). The lowest BCUT2D eigenvalue weighted by Crippen LogP contribution is -2.41. The van der Waals surface area contributed by atoms with Crippen LogP contribution in [0.1, 0.15) is 58.3 Å². The van der Waals surface area contributed by atoms with Crippen LogP contribution in [0.4, 0.5) is 0 Å². The number of nitrogens with one attached hydrogen (secondary N) is 1. The fourth-order valence-corrected chi connectivity index (χ4v) is 4.61. The first-order chi connectivity index (χ1) is 9.49. The Morgan fingerprint density at radius 1 is 1.15 bits per heavy atom. The minimum absolute atomic E-state index is 0.230. The summed E-state index contributed by atoms with van der Waals surface area (Å²) >= 11 is 0. The van der Waals surface area contributed by atoms with Crippen LogP contribution in [0, 0.1) is 5.92 Å². The quantitative estimate of drug-likeness (QED) is 0.700. The summed E-state index contributed by atoms with van der Waals surface area (Å²) in [5, 5.41) is 3.43. The highest BCUT2D eigenvalue weighted by Crippen LogP contribution is 2.28. The van der Waals surface area contributed by atoms with E-state index in [0.29, 0.717) is 11.7 Å². The molecule has 0 heterocycles. The molecule has 5 heteroatoms. The van der Waals surface area contributed by atoms with Crippen LogP contribution in [-0.4, -0.2) is 44.2 Å². The van der Waals surface area contributed by atoms with Crippen LogP contribution in [0.2, 0.25) is 0 Å². The molecule has 0 aromatic heterocycles. The molecular weight excluding hydrogens is 272 g/mol. The number of unbranched alkanes of at least 4 members (excludes halogenated alkanes) is 1. The second-order valence-electron chi connectivity index (χ2n) is 6.69. The van der Waals surface area contributed by atoms with Crippen LogP contribution in [-0.2, 0) is 10.0 Å². The first-order valence-corrected chi connectivity index (χ1v) is 9.79. The molecule has 0 aromatic carbocycles. The third-order valence-electron chi connectivity index (χ3n) is 4.70. The lowest BCUT2D eigenvalue weighted by Gasteiger charge is -2.33. The summed E-state index contributed by atoms with van der Waals surface area (Å²) in [5.74, 6) is 0.968. The Balaban J connectivity index is 1.70. The highest BCUT2D eigenvalue weighted by Gasteiger charge is 2.29. The van der Waals surface area contributed by atoms with Gasteiger partial charge in [-0.1, -0.05) is 19.8 Å². The molecule has 2 unspecified atom stereocenters. The van der Waals surface area contributed by atoms with Crippen molar-refractivity contribution in [3.63, 3.8) is 0 Å². The van der Waals surface area contributed by atoms with E-state index in [0.717, 1.165) is 44.7 Å². The molecule has 0 spiro atoms. The van der Waals surface area contributed by atoms with Gasteiger partial charge in [0.2, 0.25) is 10.0 Å². The molecule has 0 aromatic rings. The highest BCUT2D eigenvalue weighted by atomic mass is 32.2. The summed E-state index contributed by atoms with van der Waals surface area (Å²) in [5.41, 5.74) is 0. The fraction of sp³-hybridized carbons (Fsp3) is 1.00. The maximum atomic E-state index is 12.4. The van der Waals surface area contributed by atoms with Gasteiger partial charge in [-0.3, -0.25) is 0 Å². The molecular formula is C15H30N2O2S. The van der Waals surface area contributed by atoms with Crippen molar-refractivity contribution in [2.24, 2.45) is 5.92 Å². The summed E-state index contributed by atoms with van der Waals surface area (Å²) in [7, 11) is -1.28. The van der Waals surface area contributed by atoms with Crippen LogP contribution in [0.25, 0.3) is 0 Å². The van der Waals surface area contributed by atoms with Crippen molar-refractivity contribution in [3.8, 4) is 0 Å². The average Bonchev–Trinajstić information content (AvgIpc) is 3.21. The van der Waals surface area contributed by atoms with Gasteiger partial charge in [0.15, 0.2) is 0 Å². The van der Waals surface area contributed by atoms with Gasteiger partial charge >= 0.3 is 0 Å². The summed E-state index contributed by atoms with van der Waals surface area (Å²) in [6.07, 6.45) is 8.79. The van der Waals surface area contributed by atoms with E-state index >= 15 is 0 Å². The molecule has 0 radical (unpaired) electrons. The van der Waals surface area contributed by atoms with Gasteiger partial charge in [0.05, 0.1) is 5.75 Å². The number of sulfonamides is 1. The normalized spacial score (nSPS) is 27.9. The average molecular weight is 302 g/mol. The van der Waals surface area contributed by atoms with E-state index in [9.17, 15) is 8.42 Å². The predicted octanol–water partition coefficient (Wildman–Crippen LogP) is 2.36. The summed E-state index contributed by atoms with van der Waals surface area (Å²) < 4.78 is 26.4. The largest absolute Gasteiger partial charge is 0.314 e. The Morgan fingerprint density at radius 3 is 2.55 bits per heavy atom. The maximum Gasteiger partial charge on any atom is 0.214 e. The topological polar surface area (TPSA) is 49.4 Å². The van der Waals surface area contributed by atoms with Gasteiger partial charge < -0.3 is 5.32 Å². The standard InChI is InChI=1S/C15H30N2O2S/c1-13-6-5-7-15(12-13)17(2)20(18,19)11-4-3-10-16-14-8-9-14/h13-16H,3-12H2,1-2H3. The van der Waals surface area contributed by atoms with Crippen LogP contribution < -0.4 is 5.32 Å². The molecule has 20 heavy (non-hydrogen) atoms. The van der Waals surface area contributed by atoms with E-state index in [1.807, 2.05) is 0 Å². The van der Waals surface area contributed by atoms with Gasteiger partial charge in [-0.15, -0.1) is 0 Å². The Bertz CT molecular complexity index is 393. The predicted molar refractivity (Wildman–Crippen MR) is 83.2 cm³/mol. The number of rotatable bonds is 8. The lowest BCUT2D eigenvalue weighted by atomic mass is 9.87. The molecule has 1 N–H and O–H groups in total. The molecule has 2 aliphatic carbocycles. The molecule has 2 atom stereocenters. The van der Waals surface area contributed by atoms with E-state index in [1.165, 1.54) is 19.3 Å². The van der Waals surface area contributed by atoms with E-state index in [-0.39, 0.29) is 6.04 Å². The van der Waals surface area contributed by atoms with Gasteiger partial charge in [0.1, 0.15) is 0 Å². The molecule has 0 aliphatic heterocycles. The van der Waals surface area contributed by atoms with E-state index in [1.54, 1.807) is 11.4 Å². The smallest absolute Gasteiger partial charge is 0.214 e. The molecule has 2 saturated carbocycles. The Kier molecular flexibility index (Phi) is 5.87. The summed E-state index contributed by atoms with van der Waals surface area (Å²) in [6.45, 7) is 3.19. The van der Waals surface area contributed by atoms with Gasteiger partial charge in [0, 0.05) is 19.1 Å². The molecule has 0 bridgehead atoms. The van der Waals surface area contributed by atoms with Crippen molar-refractivity contribution in [2.75, 3.05) is 19.3 Å². The maximum absolute atomic E-state index is 12.4. The minimum atomic E-state index is -3.06. The monoisotopic (exact) mass is 302 g/mol. The third-order valence-corrected chi connectivity index (χ3v) is 6.68. The second-order valence-corrected chi connectivity index (χ2v) is 8.84. The highest BCUT2D eigenvalue weighted by molar-refractivity contribution is 7.89. The van der Waals surface area contributed by atoms with Gasteiger partial charge in [-0.05, 0) is 51.0 Å². The Morgan fingerprint density at radius 2 is 1.90 bits per heavy atom. The van der Waals surface area contributed by atoms with Crippen molar-refractivity contribution in [1.82, 2.24) is 9.62 Å². The number of nitrogens with zero attached hydrogens (tertiary/aromatic N) is 1. The molecule has 4 nitrogen and oxygen atoms in total. The zero-order chi connectivity index (χ0) is 14.6. The summed E-state index contributed by atoms with van der Waals surface area (Å²) in [6, 6.07) is 0.950.